The SMILES string of the molecule is CC1C/C(=N/N)c2cc(N)c(=O)n(N)c2C1. The molecule has 1 heterocycles. The summed E-state index contributed by atoms with van der Waals surface area (Å²) >= 11 is 0. The molecule has 16 heavy (non-hydrogen) atoms. The van der Waals surface area contributed by atoms with Crippen LogP contribution in [0.25, 0.3) is 0 Å². The smallest absolute Gasteiger partial charge is 0.292 e. The number of anilines is 1. The fourth-order valence-corrected chi connectivity index (χ4v) is 2.11. The lowest BCUT2D eigenvalue weighted by atomic mass is 9.86. The van der Waals surface area contributed by atoms with Gasteiger partial charge in [-0.05, 0) is 24.8 Å². The number of fused-ring (bicyclic) bond motifs is 1. The van der Waals surface area contributed by atoms with Gasteiger partial charge in [-0.25, -0.2) is 4.68 Å². The molecule has 2 rings (SSSR count). The Hall–Kier alpha value is -1.98. The van der Waals surface area contributed by atoms with E-state index in [-0.39, 0.29) is 11.2 Å². The first-order valence-electron chi connectivity index (χ1n) is 5.11. The van der Waals surface area contributed by atoms with E-state index >= 15 is 0 Å². The Balaban J connectivity index is 2.73. The van der Waals surface area contributed by atoms with Crippen molar-refractivity contribution >= 4 is 11.4 Å². The number of hydrogen-bond donors (Lipinski definition) is 3. The Morgan fingerprint density at radius 2 is 2.19 bits per heavy atom. The first-order chi connectivity index (χ1) is 7.54. The van der Waals surface area contributed by atoms with Crippen molar-refractivity contribution in [2.45, 2.75) is 19.8 Å². The lowest BCUT2D eigenvalue weighted by Crippen LogP contribution is -2.37. The number of nitrogens with zero attached hydrogens (tertiary/aromatic N) is 2. The van der Waals surface area contributed by atoms with Gasteiger partial charge in [0, 0.05) is 5.56 Å². The monoisotopic (exact) mass is 221 g/mol. The summed E-state index contributed by atoms with van der Waals surface area (Å²) in [5, 5.41) is 3.74. The molecule has 0 fully saturated rings. The standard InChI is InChI=1S/C10H15N5O/c1-5-2-8(14-12)6-4-7(11)10(16)15(13)9(6)3-5/h4-5H,2-3,11-13H2,1H3/b14-8-. The minimum absolute atomic E-state index is 0.122. The van der Waals surface area contributed by atoms with Gasteiger partial charge >= 0.3 is 0 Å². The van der Waals surface area contributed by atoms with Crippen LogP contribution in [-0.4, -0.2) is 10.4 Å². The Labute approximate surface area is 92.7 Å². The van der Waals surface area contributed by atoms with Crippen molar-refractivity contribution in [1.29, 1.82) is 0 Å². The number of nitrogen functional groups attached to an aromatic ring is 2. The molecule has 0 amide bonds. The van der Waals surface area contributed by atoms with Gasteiger partial charge in [0.15, 0.2) is 0 Å². The van der Waals surface area contributed by atoms with Gasteiger partial charge in [-0.2, -0.15) is 5.10 Å². The first-order valence-corrected chi connectivity index (χ1v) is 5.11. The highest BCUT2D eigenvalue weighted by molar-refractivity contribution is 6.03. The second kappa shape index (κ2) is 3.55. The van der Waals surface area contributed by atoms with Crippen molar-refractivity contribution in [3.05, 3.63) is 27.7 Å². The third-order valence-corrected chi connectivity index (χ3v) is 2.92. The van der Waals surface area contributed by atoms with Crippen LogP contribution in [0.5, 0.6) is 0 Å². The van der Waals surface area contributed by atoms with Crippen LogP contribution >= 0.6 is 0 Å². The first kappa shape index (κ1) is 10.5. The molecule has 1 aromatic rings. The molecular formula is C10H15N5O. The van der Waals surface area contributed by atoms with E-state index in [2.05, 4.69) is 12.0 Å². The minimum atomic E-state index is -0.371. The van der Waals surface area contributed by atoms with Crippen LogP contribution in [0.2, 0.25) is 0 Å². The maximum atomic E-state index is 11.6. The van der Waals surface area contributed by atoms with Crippen LogP contribution in [0.3, 0.4) is 0 Å². The molecule has 1 aliphatic rings. The highest BCUT2D eigenvalue weighted by Crippen LogP contribution is 2.24. The number of nitrogens with two attached hydrogens (primary N) is 3. The van der Waals surface area contributed by atoms with E-state index in [4.69, 9.17) is 17.4 Å². The van der Waals surface area contributed by atoms with Crippen LogP contribution in [0.1, 0.15) is 24.6 Å². The molecule has 6 nitrogen and oxygen atoms in total. The van der Waals surface area contributed by atoms with Crippen LogP contribution in [0, 0.1) is 5.92 Å². The zero-order valence-electron chi connectivity index (χ0n) is 9.10. The minimum Gasteiger partial charge on any atom is -0.394 e. The molecule has 0 aromatic carbocycles. The van der Waals surface area contributed by atoms with Crippen LogP contribution < -0.4 is 23.0 Å². The zero-order valence-corrected chi connectivity index (χ0v) is 9.10. The predicted molar refractivity (Wildman–Crippen MR) is 63.5 cm³/mol. The molecule has 1 aliphatic carbocycles. The third-order valence-electron chi connectivity index (χ3n) is 2.92. The Bertz CT molecular complexity index is 517. The summed E-state index contributed by atoms with van der Waals surface area (Å²) in [5.41, 5.74) is 7.63. The molecule has 0 radical (unpaired) electrons. The van der Waals surface area contributed by atoms with Crippen molar-refractivity contribution in [3.8, 4) is 0 Å². The number of pyridine rings is 1. The van der Waals surface area contributed by atoms with Gasteiger partial charge in [-0.3, -0.25) is 4.79 Å². The normalized spacial score (nSPS) is 22.1. The second-order valence-corrected chi connectivity index (χ2v) is 4.22. The van der Waals surface area contributed by atoms with Crippen LogP contribution in [0.15, 0.2) is 16.0 Å². The number of hydrogen-bond acceptors (Lipinski definition) is 5. The predicted octanol–water partition coefficient (Wildman–Crippen LogP) is -0.611. The molecule has 0 spiro atoms. The molecule has 1 aromatic heterocycles. The van der Waals surface area contributed by atoms with Crippen molar-refractivity contribution < 1.29 is 0 Å². The van der Waals surface area contributed by atoms with Gasteiger partial charge in [0.2, 0.25) is 0 Å². The summed E-state index contributed by atoms with van der Waals surface area (Å²) in [4.78, 5) is 11.6. The molecule has 0 saturated heterocycles. The van der Waals surface area contributed by atoms with Crippen LogP contribution in [-0.2, 0) is 6.42 Å². The number of hydrazone groups is 1. The molecule has 0 aliphatic heterocycles. The zero-order chi connectivity index (χ0) is 11.9. The summed E-state index contributed by atoms with van der Waals surface area (Å²) in [6, 6.07) is 1.61. The average molecular weight is 221 g/mol. The highest BCUT2D eigenvalue weighted by atomic mass is 16.1. The molecule has 0 saturated carbocycles. The van der Waals surface area contributed by atoms with E-state index in [0.29, 0.717) is 5.92 Å². The molecule has 6 N–H and O–H groups in total. The number of rotatable bonds is 0. The fourth-order valence-electron chi connectivity index (χ4n) is 2.11. The molecule has 86 valence electrons. The van der Waals surface area contributed by atoms with Crippen LogP contribution in [0.4, 0.5) is 5.69 Å². The van der Waals surface area contributed by atoms with Crippen molar-refractivity contribution in [2.24, 2.45) is 16.9 Å². The van der Waals surface area contributed by atoms with Gasteiger partial charge in [0.25, 0.3) is 5.56 Å². The van der Waals surface area contributed by atoms with E-state index in [1.165, 1.54) is 0 Å². The van der Waals surface area contributed by atoms with Crippen molar-refractivity contribution in [3.63, 3.8) is 0 Å². The molecule has 0 bridgehead atoms. The Morgan fingerprint density at radius 3 is 2.81 bits per heavy atom. The Kier molecular flexibility index (Phi) is 2.34. The van der Waals surface area contributed by atoms with E-state index in [1.807, 2.05) is 0 Å². The number of aromatic nitrogens is 1. The maximum absolute atomic E-state index is 11.6. The van der Waals surface area contributed by atoms with E-state index < -0.39 is 0 Å². The topological polar surface area (TPSA) is 112 Å². The lowest BCUT2D eigenvalue weighted by Gasteiger charge is -2.24. The summed E-state index contributed by atoms with van der Waals surface area (Å²) in [5.74, 6) is 11.4. The van der Waals surface area contributed by atoms with Gasteiger partial charge in [-0.1, -0.05) is 6.92 Å². The summed E-state index contributed by atoms with van der Waals surface area (Å²) in [6.07, 6.45) is 1.52. The summed E-state index contributed by atoms with van der Waals surface area (Å²) in [7, 11) is 0. The molecular weight excluding hydrogens is 206 g/mol. The van der Waals surface area contributed by atoms with Gasteiger partial charge < -0.3 is 17.4 Å². The lowest BCUT2D eigenvalue weighted by molar-refractivity contribution is 0.564. The maximum Gasteiger partial charge on any atom is 0.292 e. The van der Waals surface area contributed by atoms with Gasteiger partial charge in [0.1, 0.15) is 5.69 Å². The second-order valence-electron chi connectivity index (χ2n) is 4.22. The average Bonchev–Trinajstić information content (AvgIpc) is 2.26. The van der Waals surface area contributed by atoms with Gasteiger partial charge in [-0.15, -0.1) is 0 Å². The highest BCUT2D eigenvalue weighted by Gasteiger charge is 2.24. The van der Waals surface area contributed by atoms with Gasteiger partial charge in [0.05, 0.1) is 11.4 Å². The van der Waals surface area contributed by atoms with Crippen molar-refractivity contribution in [1.82, 2.24) is 4.68 Å². The van der Waals surface area contributed by atoms with E-state index in [1.54, 1.807) is 6.07 Å². The third kappa shape index (κ3) is 1.42. The van der Waals surface area contributed by atoms with E-state index in [9.17, 15) is 4.79 Å². The largest absolute Gasteiger partial charge is 0.394 e. The van der Waals surface area contributed by atoms with Crippen molar-refractivity contribution in [2.75, 3.05) is 11.6 Å². The molecule has 1 atom stereocenters. The Morgan fingerprint density at radius 1 is 1.50 bits per heavy atom. The molecule has 6 heteroatoms. The summed E-state index contributed by atoms with van der Waals surface area (Å²) < 4.78 is 1.10. The fraction of sp³-hybridized carbons (Fsp3) is 0.400. The molecule has 1 unspecified atom stereocenters. The summed E-state index contributed by atoms with van der Waals surface area (Å²) in [6.45, 7) is 2.06. The quantitative estimate of drug-likeness (QED) is 0.400. The van der Waals surface area contributed by atoms with E-state index in [0.717, 1.165) is 34.5 Å².